The highest BCUT2D eigenvalue weighted by Crippen LogP contribution is 2.27. The summed E-state index contributed by atoms with van der Waals surface area (Å²) in [7, 11) is -5.74. The Balaban J connectivity index is 1.86. The second-order valence-electron chi connectivity index (χ2n) is 6.41. The molecule has 0 aromatic heterocycles. The Hall–Kier alpha value is -1.61. The van der Waals surface area contributed by atoms with Gasteiger partial charge in [-0.25, -0.2) is 16.8 Å². The highest BCUT2D eigenvalue weighted by molar-refractivity contribution is 7.96. The molecule has 6 nitrogen and oxygen atoms in total. The maximum Gasteiger partial charge on any atom is 0.183 e. The van der Waals surface area contributed by atoms with Crippen molar-refractivity contribution in [2.75, 3.05) is 18.6 Å². The van der Waals surface area contributed by atoms with Crippen molar-refractivity contribution in [1.29, 1.82) is 0 Å². The molecule has 1 saturated heterocycles. The van der Waals surface area contributed by atoms with Gasteiger partial charge in [-0.05, 0) is 30.3 Å². The van der Waals surface area contributed by atoms with Gasteiger partial charge in [-0.15, -0.1) is 0 Å². The lowest BCUT2D eigenvalue weighted by Gasteiger charge is -2.20. The van der Waals surface area contributed by atoms with Crippen molar-refractivity contribution in [1.82, 2.24) is 5.32 Å². The SMILES string of the molecule is COc1ccccc1CN[C@@H]1CS(=O)(=O)C[C@H]1S(=O)(=O)c1ccc(Cl)cc1. The number of para-hydroxylation sites is 1. The molecule has 27 heavy (non-hydrogen) atoms. The molecule has 9 heteroatoms. The standard InChI is InChI=1S/C18H20ClNO5S2/c1-25-17-5-3-2-4-13(17)10-20-16-11-26(21,22)12-18(16)27(23,24)15-8-6-14(19)7-9-15/h2-9,16,18,20H,10-12H2,1H3/t16-,18-/m1/s1. The molecular formula is C18H20ClNO5S2. The lowest BCUT2D eigenvalue weighted by molar-refractivity contribution is 0.406. The van der Waals surface area contributed by atoms with Gasteiger partial charge in [0, 0.05) is 23.2 Å². The largest absolute Gasteiger partial charge is 0.496 e. The molecule has 0 spiro atoms. The van der Waals surface area contributed by atoms with Gasteiger partial charge < -0.3 is 10.1 Å². The minimum absolute atomic E-state index is 0.0677. The van der Waals surface area contributed by atoms with E-state index in [1.54, 1.807) is 13.2 Å². The third-order valence-corrected chi connectivity index (χ3v) is 9.01. The van der Waals surface area contributed by atoms with Gasteiger partial charge in [0.1, 0.15) is 5.75 Å². The van der Waals surface area contributed by atoms with Crippen LogP contribution in [0.3, 0.4) is 0 Å². The predicted molar refractivity (Wildman–Crippen MR) is 105 cm³/mol. The zero-order valence-corrected chi connectivity index (χ0v) is 17.0. The van der Waals surface area contributed by atoms with Crippen molar-refractivity contribution < 1.29 is 21.6 Å². The summed E-state index contributed by atoms with van der Waals surface area (Å²) in [6.07, 6.45) is 0. The van der Waals surface area contributed by atoms with Crippen LogP contribution in [0.4, 0.5) is 0 Å². The summed E-state index contributed by atoms with van der Waals surface area (Å²) in [5, 5.41) is 2.46. The van der Waals surface area contributed by atoms with Crippen LogP contribution < -0.4 is 10.1 Å². The normalized spacial score (nSPS) is 21.9. The third kappa shape index (κ3) is 4.45. The molecule has 1 N–H and O–H groups in total. The summed E-state index contributed by atoms with van der Waals surface area (Å²) in [5.41, 5.74) is 0.826. The number of methoxy groups -OCH3 is 1. The summed E-state index contributed by atoms with van der Waals surface area (Å²) in [6.45, 7) is 0.302. The fourth-order valence-electron chi connectivity index (χ4n) is 3.20. The molecule has 0 amide bonds. The van der Waals surface area contributed by atoms with Crippen LogP contribution in [0.1, 0.15) is 5.56 Å². The summed E-state index contributed by atoms with van der Waals surface area (Å²) >= 11 is 5.83. The van der Waals surface area contributed by atoms with Crippen LogP contribution in [0.15, 0.2) is 53.4 Å². The van der Waals surface area contributed by atoms with Gasteiger partial charge in [-0.2, -0.15) is 0 Å². The molecule has 0 unspecified atom stereocenters. The predicted octanol–water partition coefficient (Wildman–Crippen LogP) is 2.08. The van der Waals surface area contributed by atoms with Crippen LogP contribution in [0, 0.1) is 0 Å². The zero-order chi connectivity index (χ0) is 19.7. The smallest absolute Gasteiger partial charge is 0.183 e. The van der Waals surface area contributed by atoms with Crippen molar-refractivity contribution in [3.63, 3.8) is 0 Å². The Morgan fingerprint density at radius 2 is 1.78 bits per heavy atom. The lowest BCUT2D eigenvalue weighted by Crippen LogP contribution is -2.43. The molecule has 0 radical (unpaired) electrons. The molecule has 2 aromatic carbocycles. The molecule has 2 aromatic rings. The maximum absolute atomic E-state index is 13.0. The molecule has 1 aliphatic heterocycles. The first kappa shape index (κ1) is 20.1. The highest BCUT2D eigenvalue weighted by atomic mass is 35.5. The Morgan fingerprint density at radius 3 is 2.44 bits per heavy atom. The van der Waals surface area contributed by atoms with Crippen molar-refractivity contribution in [2.24, 2.45) is 0 Å². The number of ether oxygens (including phenoxy) is 1. The first-order chi connectivity index (χ1) is 12.7. The fourth-order valence-corrected chi connectivity index (χ4v) is 8.04. The van der Waals surface area contributed by atoms with Crippen molar-refractivity contribution in [2.45, 2.75) is 22.7 Å². The van der Waals surface area contributed by atoms with Crippen molar-refractivity contribution >= 4 is 31.3 Å². The number of sulfone groups is 2. The lowest BCUT2D eigenvalue weighted by atomic mass is 10.1. The van der Waals surface area contributed by atoms with Crippen LogP contribution in [-0.4, -0.2) is 46.7 Å². The average molecular weight is 430 g/mol. The molecule has 146 valence electrons. The quantitative estimate of drug-likeness (QED) is 0.756. The number of benzene rings is 2. The topological polar surface area (TPSA) is 89.5 Å². The van der Waals surface area contributed by atoms with Gasteiger partial charge in [-0.1, -0.05) is 29.8 Å². The van der Waals surface area contributed by atoms with Gasteiger partial charge in [0.15, 0.2) is 19.7 Å². The fraction of sp³-hybridized carbons (Fsp3) is 0.333. The summed E-state index contributed by atoms with van der Waals surface area (Å²) in [5.74, 6) is 0.0317. The molecule has 1 aliphatic rings. The van der Waals surface area contributed by atoms with E-state index < -0.39 is 36.7 Å². The van der Waals surface area contributed by atoms with Crippen LogP contribution in [0.25, 0.3) is 0 Å². The van der Waals surface area contributed by atoms with E-state index >= 15 is 0 Å². The van der Waals surface area contributed by atoms with E-state index in [0.29, 0.717) is 17.3 Å². The Bertz CT molecular complexity index is 1020. The Morgan fingerprint density at radius 1 is 1.11 bits per heavy atom. The number of nitrogens with one attached hydrogen (secondary N) is 1. The number of halogens is 1. The van der Waals surface area contributed by atoms with Gasteiger partial charge in [0.05, 0.1) is 28.8 Å². The number of hydrogen-bond donors (Lipinski definition) is 1. The van der Waals surface area contributed by atoms with Crippen molar-refractivity contribution in [3.05, 3.63) is 59.1 Å². The third-order valence-electron chi connectivity index (χ3n) is 4.59. The van der Waals surface area contributed by atoms with E-state index in [1.807, 2.05) is 18.2 Å². The van der Waals surface area contributed by atoms with E-state index in [-0.39, 0.29) is 10.6 Å². The Labute approximate surface area is 164 Å². The molecule has 1 fully saturated rings. The van der Waals surface area contributed by atoms with Gasteiger partial charge >= 0.3 is 0 Å². The second kappa shape index (κ2) is 7.79. The van der Waals surface area contributed by atoms with E-state index in [9.17, 15) is 16.8 Å². The Kier molecular flexibility index (Phi) is 5.81. The van der Waals surface area contributed by atoms with Gasteiger partial charge in [0.25, 0.3) is 0 Å². The molecular weight excluding hydrogens is 410 g/mol. The second-order valence-corrected chi connectivity index (χ2v) is 11.2. The summed E-state index contributed by atoms with van der Waals surface area (Å²) < 4.78 is 55.6. The van der Waals surface area contributed by atoms with Crippen LogP contribution in [0.2, 0.25) is 5.02 Å². The number of hydrogen-bond acceptors (Lipinski definition) is 6. The van der Waals surface area contributed by atoms with Crippen molar-refractivity contribution in [3.8, 4) is 5.75 Å². The molecule has 0 bridgehead atoms. The molecule has 0 aliphatic carbocycles. The van der Waals surface area contributed by atoms with E-state index in [2.05, 4.69) is 5.32 Å². The van der Waals surface area contributed by atoms with Crippen LogP contribution in [0.5, 0.6) is 5.75 Å². The molecule has 2 atom stereocenters. The van der Waals surface area contributed by atoms with Crippen LogP contribution in [-0.2, 0) is 26.2 Å². The summed E-state index contributed by atoms with van der Waals surface area (Å²) in [4.78, 5) is 0.0677. The van der Waals surface area contributed by atoms with E-state index in [4.69, 9.17) is 16.3 Å². The van der Waals surface area contributed by atoms with Gasteiger partial charge in [-0.3, -0.25) is 0 Å². The molecule has 1 heterocycles. The average Bonchev–Trinajstić information content (AvgIpc) is 2.96. The van der Waals surface area contributed by atoms with Gasteiger partial charge in [0.2, 0.25) is 0 Å². The highest BCUT2D eigenvalue weighted by Gasteiger charge is 2.45. The molecule has 0 saturated carbocycles. The maximum atomic E-state index is 13.0. The molecule has 3 rings (SSSR count). The zero-order valence-electron chi connectivity index (χ0n) is 14.6. The first-order valence-corrected chi connectivity index (χ1v) is 12.0. The minimum Gasteiger partial charge on any atom is -0.496 e. The monoisotopic (exact) mass is 429 g/mol. The van der Waals surface area contributed by atoms with E-state index in [1.165, 1.54) is 24.3 Å². The number of rotatable bonds is 6. The minimum atomic E-state index is -3.83. The summed E-state index contributed by atoms with van der Waals surface area (Å²) in [6, 6.07) is 12.4. The first-order valence-electron chi connectivity index (χ1n) is 8.28. The van der Waals surface area contributed by atoms with Crippen LogP contribution >= 0.6 is 11.6 Å². The van der Waals surface area contributed by atoms with E-state index in [0.717, 1.165) is 5.56 Å².